The maximum atomic E-state index is 13.2. The third-order valence-electron chi connectivity index (χ3n) is 6.27. The molecule has 10 heteroatoms. The summed E-state index contributed by atoms with van der Waals surface area (Å²) in [6, 6.07) is 3.30. The number of nitrogens with zero attached hydrogens (tertiary/aromatic N) is 6. The topological polar surface area (TPSA) is 106 Å². The molecule has 32 heavy (non-hydrogen) atoms. The Morgan fingerprint density at radius 1 is 1.38 bits per heavy atom. The predicted octanol–water partition coefficient (Wildman–Crippen LogP) is 3.48. The van der Waals surface area contributed by atoms with E-state index in [1.54, 1.807) is 31.0 Å². The van der Waals surface area contributed by atoms with Gasteiger partial charge in [0.25, 0.3) is 5.91 Å². The number of hydrogen-bond acceptors (Lipinski definition) is 6. The minimum Gasteiger partial charge on any atom is -0.381 e. The highest BCUT2D eigenvalue weighted by atomic mass is 35.5. The summed E-state index contributed by atoms with van der Waals surface area (Å²) >= 11 is 6.60. The van der Waals surface area contributed by atoms with Crippen LogP contribution in [0.2, 0.25) is 5.02 Å². The molecule has 4 aromatic heterocycles. The van der Waals surface area contributed by atoms with E-state index in [-0.39, 0.29) is 28.9 Å². The van der Waals surface area contributed by atoms with E-state index in [4.69, 9.17) is 17.3 Å². The molecule has 4 aromatic rings. The number of hydrogen-bond donors (Lipinski definition) is 2. The number of nitrogen functional groups attached to an aromatic ring is 1. The zero-order valence-electron chi connectivity index (χ0n) is 18.2. The molecular weight excluding hydrogens is 428 g/mol. The molecule has 9 nitrogen and oxygen atoms in total. The van der Waals surface area contributed by atoms with Crippen molar-refractivity contribution in [2.45, 2.75) is 45.2 Å². The molecule has 1 fully saturated rings. The summed E-state index contributed by atoms with van der Waals surface area (Å²) in [6.45, 7) is 7.32. The molecule has 0 spiro atoms. The number of anilines is 2. The Hall–Kier alpha value is -3.33. The first-order chi connectivity index (χ1) is 15.3. The van der Waals surface area contributed by atoms with Crippen molar-refractivity contribution in [2.24, 2.45) is 0 Å². The van der Waals surface area contributed by atoms with E-state index in [2.05, 4.69) is 39.1 Å². The first-order valence-corrected chi connectivity index (χ1v) is 11.0. The number of nitrogens with two attached hydrogens (primary N) is 1. The van der Waals surface area contributed by atoms with Crippen LogP contribution in [0.3, 0.4) is 0 Å². The largest absolute Gasteiger partial charge is 0.381 e. The van der Waals surface area contributed by atoms with Gasteiger partial charge >= 0.3 is 0 Å². The molecule has 1 amide bonds. The molecule has 0 bridgehead atoms. The van der Waals surface area contributed by atoms with Gasteiger partial charge in [0.05, 0.1) is 22.8 Å². The minimum absolute atomic E-state index is 0.0275. The quantitative estimate of drug-likeness (QED) is 0.491. The van der Waals surface area contributed by atoms with Crippen LogP contribution < -0.4 is 16.0 Å². The Labute approximate surface area is 190 Å². The Bertz CT molecular complexity index is 1340. The number of carbonyl (C=O) groups excluding carboxylic acids is 1. The fraction of sp³-hybridized carbons (Fsp3) is 0.364. The highest BCUT2D eigenvalue weighted by Gasteiger charge is 2.36. The number of aromatic nitrogens is 5. The number of nitrogens with one attached hydrogen (secondary N) is 1. The summed E-state index contributed by atoms with van der Waals surface area (Å²) < 4.78 is 3.51. The summed E-state index contributed by atoms with van der Waals surface area (Å²) in [6.07, 6.45) is 9.02. The van der Waals surface area contributed by atoms with Crippen molar-refractivity contribution in [1.29, 1.82) is 0 Å². The molecule has 1 saturated heterocycles. The lowest BCUT2D eigenvalue weighted by atomic mass is 10.0. The first-order valence-electron chi connectivity index (χ1n) is 10.6. The van der Waals surface area contributed by atoms with Gasteiger partial charge in [-0.1, -0.05) is 11.6 Å². The van der Waals surface area contributed by atoms with E-state index in [0.29, 0.717) is 10.7 Å². The summed E-state index contributed by atoms with van der Waals surface area (Å²) in [7, 11) is 0. The van der Waals surface area contributed by atoms with Gasteiger partial charge in [0, 0.05) is 30.0 Å². The maximum Gasteiger partial charge on any atom is 0.259 e. The third-order valence-corrected chi connectivity index (χ3v) is 6.57. The standard InChI is InChI=1S/C22H25ClN8O/c1-13(27-20(32)17-18(24)28-31-9-5-7-26-19(17)31)14-10-15(23)16-11-25-12-29(16)21(14)30-8-4-6-22(30,2)3/h5,7,9-13H,4,6,8H2,1-3H3,(H2,24,28)(H,27,32). The van der Waals surface area contributed by atoms with Crippen LogP contribution in [-0.4, -0.2) is 42.0 Å². The smallest absolute Gasteiger partial charge is 0.259 e. The fourth-order valence-corrected chi connectivity index (χ4v) is 4.88. The number of amides is 1. The number of halogens is 1. The van der Waals surface area contributed by atoms with Gasteiger partial charge in [-0.3, -0.25) is 9.20 Å². The molecule has 1 aliphatic heterocycles. The Balaban J connectivity index is 1.57. The van der Waals surface area contributed by atoms with Crippen LogP contribution in [0, 0.1) is 0 Å². The van der Waals surface area contributed by atoms with Gasteiger partial charge in [0.2, 0.25) is 0 Å². The normalized spacial score (nSPS) is 16.7. The van der Waals surface area contributed by atoms with Crippen molar-refractivity contribution in [3.8, 4) is 0 Å². The number of imidazole rings is 1. The Morgan fingerprint density at radius 2 is 2.19 bits per heavy atom. The van der Waals surface area contributed by atoms with E-state index >= 15 is 0 Å². The Morgan fingerprint density at radius 3 is 2.94 bits per heavy atom. The molecule has 166 valence electrons. The minimum atomic E-state index is -0.351. The second kappa shape index (κ2) is 7.37. The molecule has 1 aliphatic rings. The monoisotopic (exact) mass is 452 g/mol. The van der Waals surface area contributed by atoms with Crippen LogP contribution in [0.5, 0.6) is 0 Å². The Kier molecular flexibility index (Phi) is 4.74. The van der Waals surface area contributed by atoms with Crippen LogP contribution in [0.15, 0.2) is 37.1 Å². The second-order valence-electron chi connectivity index (χ2n) is 8.83. The van der Waals surface area contributed by atoms with E-state index in [1.807, 2.05) is 17.4 Å². The van der Waals surface area contributed by atoms with Crippen LogP contribution in [0.1, 0.15) is 55.6 Å². The molecule has 0 aliphatic carbocycles. The number of carbonyl (C=O) groups is 1. The van der Waals surface area contributed by atoms with Crippen molar-refractivity contribution < 1.29 is 4.79 Å². The molecule has 0 radical (unpaired) electrons. The van der Waals surface area contributed by atoms with E-state index in [1.165, 1.54) is 4.52 Å². The second-order valence-corrected chi connectivity index (χ2v) is 9.24. The van der Waals surface area contributed by atoms with E-state index in [9.17, 15) is 4.79 Å². The third kappa shape index (κ3) is 3.15. The van der Waals surface area contributed by atoms with E-state index in [0.717, 1.165) is 36.3 Å². The summed E-state index contributed by atoms with van der Waals surface area (Å²) in [5.41, 5.74) is 8.44. The number of pyridine rings is 1. The van der Waals surface area contributed by atoms with Crippen LogP contribution in [0.4, 0.5) is 11.6 Å². The van der Waals surface area contributed by atoms with Crippen molar-refractivity contribution in [3.63, 3.8) is 0 Å². The number of rotatable bonds is 4. The molecule has 1 atom stereocenters. The highest BCUT2D eigenvalue weighted by molar-refractivity contribution is 6.34. The molecule has 5 rings (SSSR count). The van der Waals surface area contributed by atoms with Gasteiger partial charge in [0.1, 0.15) is 17.7 Å². The summed E-state index contributed by atoms with van der Waals surface area (Å²) in [5, 5.41) is 7.85. The molecule has 0 saturated carbocycles. The average Bonchev–Trinajstić information content (AvgIpc) is 3.44. The molecule has 0 aromatic carbocycles. The summed E-state index contributed by atoms with van der Waals surface area (Å²) in [4.78, 5) is 24.2. The van der Waals surface area contributed by atoms with Gasteiger partial charge in [0.15, 0.2) is 11.5 Å². The zero-order chi connectivity index (χ0) is 22.6. The van der Waals surface area contributed by atoms with Crippen LogP contribution >= 0.6 is 11.6 Å². The molecule has 1 unspecified atom stereocenters. The van der Waals surface area contributed by atoms with Crippen molar-refractivity contribution >= 4 is 40.3 Å². The van der Waals surface area contributed by atoms with Gasteiger partial charge in [-0.15, -0.1) is 5.10 Å². The number of fused-ring (bicyclic) bond motifs is 2. The lowest BCUT2D eigenvalue weighted by Gasteiger charge is -2.36. The van der Waals surface area contributed by atoms with Gasteiger partial charge < -0.3 is 16.0 Å². The average molecular weight is 453 g/mol. The SMILES string of the molecule is CC(NC(=O)c1c(N)nn2cccnc12)c1cc(Cl)c2cncn2c1N1CCCC1(C)C. The van der Waals surface area contributed by atoms with Gasteiger partial charge in [-0.25, -0.2) is 14.5 Å². The molecular formula is C22H25ClN8O. The lowest BCUT2D eigenvalue weighted by molar-refractivity contribution is 0.0942. The molecule has 5 heterocycles. The van der Waals surface area contributed by atoms with Crippen LogP contribution in [0.25, 0.3) is 11.2 Å². The molecule has 3 N–H and O–H groups in total. The van der Waals surface area contributed by atoms with Gasteiger partial charge in [-0.05, 0) is 45.7 Å². The van der Waals surface area contributed by atoms with Crippen molar-refractivity contribution in [1.82, 2.24) is 29.3 Å². The lowest BCUT2D eigenvalue weighted by Crippen LogP contribution is -2.40. The summed E-state index contributed by atoms with van der Waals surface area (Å²) in [5.74, 6) is 0.790. The zero-order valence-corrected chi connectivity index (χ0v) is 19.0. The van der Waals surface area contributed by atoms with Crippen LogP contribution in [-0.2, 0) is 0 Å². The predicted molar refractivity (Wildman–Crippen MR) is 124 cm³/mol. The maximum absolute atomic E-state index is 13.2. The van der Waals surface area contributed by atoms with Gasteiger partial charge in [-0.2, -0.15) is 0 Å². The van der Waals surface area contributed by atoms with Crippen molar-refractivity contribution in [3.05, 3.63) is 53.2 Å². The van der Waals surface area contributed by atoms with E-state index < -0.39 is 0 Å². The fourth-order valence-electron chi connectivity index (χ4n) is 4.63. The van der Waals surface area contributed by atoms with Crippen molar-refractivity contribution in [2.75, 3.05) is 17.2 Å². The first kappa shape index (κ1) is 20.6. The highest BCUT2D eigenvalue weighted by Crippen LogP contribution is 2.40.